The monoisotopic (exact) mass is 403 g/mol. The first-order valence-corrected chi connectivity index (χ1v) is 10.3. The van der Waals surface area contributed by atoms with Crippen LogP contribution in [0, 0.1) is 5.92 Å². The van der Waals surface area contributed by atoms with Crippen molar-refractivity contribution in [3.05, 3.63) is 60.2 Å². The summed E-state index contributed by atoms with van der Waals surface area (Å²) in [6.45, 7) is 2.81. The Hall–Kier alpha value is -1.81. The molecule has 4 rings (SSSR count). The molecule has 2 fully saturated rings. The molecule has 2 aliphatic heterocycles. The van der Waals surface area contributed by atoms with Crippen LogP contribution in [-0.2, 0) is 9.53 Å². The van der Waals surface area contributed by atoms with Crippen molar-refractivity contribution in [1.29, 1.82) is 0 Å². The Labute approximate surface area is 154 Å². The molecule has 2 saturated heterocycles. The molecule has 1 amide bonds. The maximum atomic E-state index is 13.1. The number of fused-ring (bicyclic) bond motifs is 1. The number of hydrogen-bond donors (Lipinski definition) is 0. The number of carbonyl (C=O) groups is 1. The molecule has 2 aromatic rings. The zero-order valence-corrected chi connectivity index (χ0v) is 16.0. The molecular weight excluding hydrogens is 381 g/mol. The van der Waals surface area contributed by atoms with E-state index in [-0.39, 0.29) is 38.0 Å². The van der Waals surface area contributed by atoms with Crippen molar-refractivity contribution >= 4 is 25.3 Å². The molecule has 5 heteroatoms. The maximum absolute atomic E-state index is 13.1. The topological polar surface area (TPSA) is 38.8 Å². The van der Waals surface area contributed by atoms with Crippen LogP contribution in [0.4, 0.5) is 0 Å². The summed E-state index contributed by atoms with van der Waals surface area (Å²) in [5.74, 6) is 1.36. The minimum atomic E-state index is -0.276. The van der Waals surface area contributed by atoms with E-state index >= 15 is 0 Å². The van der Waals surface area contributed by atoms with E-state index in [1.165, 1.54) is 4.46 Å². The number of hydrogen-bond acceptors (Lipinski definition) is 3. The Balaban J connectivity index is 1.56. The van der Waals surface area contributed by atoms with Crippen LogP contribution in [0.15, 0.2) is 54.6 Å². The van der Waals surface area contributed by atoms with Gasteiger partial charge in [-0.25, -0.2) is 0 Å². The summed E-state index contributed by atoms with van der Waals surface area (Å²) in [6, 6.07) is 18.3. The van der Waals surface area contributed by atoms with Gasteiger partial charge in [0.25, 0.3) is 0 Å². The van der Waals surface area contributed by atoms with Crippen molar-refractivity contribution in [2.75, 3.05) is 13.7 Å². The first kappa shape index (κ1) is 16.6. The number of nitrogens with zero attached hydrogens (tertiary/aromatic N) is 1. The minimum absolute atomic E-state index is 0.0875. The van der Waals surface area contributed by atoms with Crippen molar-refractivity contribution in [3.63, 3.8) is 0 Å². The third-order valence-corrected chi connectivity index (χ3v) is 8.02. The fourth-order valence-electron chi connectivity index (χ4n) is 3.61. The van der Waals surface area contributed by atoms with Crippen LogP contribution >= 0.6 is 0 Å². The summed E-state index contributed by atoms with van der Waals surface area (Å²) in [5, 5.41) is 0. The van der Waals surface area contributed by atoms with Gasteiger partial charge in [0.2, 0.25) is 0 Å². The van der Waals surface area contributed by atoms with E-state index in [0.717, 1.165) is 11.3 Å². The second-order valence-electron chi connectivity index (χ2n) is 6.48. The van der Waals surface area contributed by atoms with Crippen LogP contribution in [0.2, 0.25) is 4.82 Å². The molecule has 0 N–H and O–H groups in total. The van der Waals surface area contributed by atoms with Crippen LogP contribution < -0.4 is 9.20 Å². The number of rotatable bonds is 4. The zero-order chi connectivity index (χ0) is 17.4. The summed E-state index contributed by atoms with van der Waals surface area (Å²) in [7, 11) is 1.65. The van der Waals surface area contributed by atoms with E-state index in [1.54, 1.807) is 7.11 Å². The van der Waals surface area contributed by atoms with Crippen LogP contribution in [0.25, 0.3) is 0 Å². The standard InChI is InChI=1S/C20H21NO3Se/c1-13-17-12-24-20(14-8-10-15(23-2)11-9-14)21(17)19(22)18(13)25-16-6-4-3-5-7-16/h3-11,13,17-18,20H,12H2,1-2H3/t13-,17-,18?,20-/m1/s1. The first-order valence-electron chi connectivity index (χ1n) is 8.48. The van der Waals surface area contributed by atoms with Gasteiger partial charge in [0.1, 0.15) is 0 Å². The molecular formula is C20H21NO3Se. The van der Waals surface area contributed by atoms with Gasteiger partial charge in [-0.2, -0.15) is 0 Å². The number of amides is 1. The van der Waals surface area contributed by atoms with Crippen LogP contribution in [0.1, 0.15) is 18.7 Å². The van der Waals surface area contributed by atoms with E-state index in [4.69, 9.17) is 9.47 Å². The molecule has 130 valence electrons. The number of methoxy groups -OCH3 is 1. The van der Waals surface area contributed by atoms with Gasteiger partial charge in [-0.15, -0.1) is 0 Å². The normalized spacial score (nSPS) is 28.2. The van der Waals surface area contributed by atoms with Gasteiger partial charge in [0, 0.05) is 0 Å². The van der Waals surface area contributed by atoms with E-state index < -0.39 is 0 Å². The summed E-state index contributed by atoms with van der Waals surface area (Å²) >= 11 is 0.145. The van der Waals surface area contributed by atoms with E-state index in [9.17, 15) is 4.79 Å². The second kappa shape index (κ2) is 6.83. The molecule has 0 aromatic heterocycles. The molecule has 4 atom stereocenters. The summed E-state index contributed by atoms with van der Waals surface area (Å²) in [5.41, 5.74) is 1.01. The predicted octanol–water partition coefficient (Wildman–Crippen LogP) is 2.39. The SMILES string of the molecule is COc1ccc([C@H]2OC[C@@H]3[C@@H](C)C([Se]c4ccccc4)C(=O)N23)cc1. The number of ether oxygens (including phenoxy) is 2. The predicted molar refractivity (Wildman–Crippen MR) is 97.1 cm³/mol. The van der Waals surface area contributed by atoms with Gasteiger partial charge in [-0.05, 0) is 0 Å². The molecule has 2 aliphatic rings. The van der Waals surface area contributed by atoms with E-state index in [2.05, 4.69) is 19.1 Å². The molecule has 0 radical (unpaired) electrons. The zero-order valence-electron chi connectivity index (χ0n) is 14.3. The van der Waals surface area contributed by atoms with Crippen molar-refractivity contribution in [2.45, 2.75) is 24.0 Å². The van der Waals surface area contributed by atoms with Crippen molar-refractivity contribution < 1.29 is 14.3 Å². The Morgan fingerprint density at radius 1 is 1.12 bits per heavy atom. The molecule has 0 bridgehead atoms. The summed E-state index contributed by atoms with van der Waals surface area (Å²) in [6.07, 6.45) is -0.276. The quantitative estimate of drug-likeness (QED) is 0.738. The molecule has 0 aliphatic carbocycles. The summed E-state index contributed by atoms with van der Waals surface area (Å²) in [4.78, 5) is 15.2. The summed E-state index contributed by atoms with van der Waals surface area (Å²) < 4.78 is 12.5. The Kier molecular flexibility index (Phi) is 4.55. The van der Waals surface area contributed by atoms with Crippen molar-refractivity contribution in [1.82, 2.24) is 4.90 Å². The number of carbonyl (C=O) groups excluding carboxylic acids is 1. The van der Waals surface area contributed by atoms with Gasteiger partial charge < -0.3 is 0 Å². The molecule has 1 unspecified atom stereocenters. The molecule has 2 heterocycles. The number of benzene rings is 2. The van der Waals surface area contributed by atoms with Crippen LogP contribution in [-0.4, -0.2) is 45.5 Å². The molecule has 4 nitrogen and oxygen atoms in total. The Bertz CT molecular complexity index is 749. The molecule has 25 heavy (non-hydrogen) atoms. The fraction of sp³-hybridized carbons (Fsp3) is 0.350. The average molecular weight is 402 g/mol. The first-order chi connectivity index (χ1) is 12.2. The van der Waals surface area contributed by atoms with Gasteiger partial charge >= 0.3 is 154 Å². The van der Waals surface area contributed by atoms with Gasteiger partial charge in [0.15, 0.2) is 0 Å². The molecule has 0 spiro atoms. The molecule has 2 aromatic carbocycles. The van der Waals surface area contributed by atoms with Crippen LogP contribution in [0.5, 0.6) is 5.75 Å². The van der Waals surface area contributed by atoms with Gasteiger partial charge in [-0.1, -0.05) is 0 Å². The van der Waals surface area contributed by atoms with Crippen molar-refractivity contribution in [2.24, 2.45) is 5.92 Å². The Morgan fingerprint density at radius 2 is 1.84 bits per heavy atom. The molecule has 0 saturated carbocycles. The third-order valence-electron chi connectivity index (χ3n) is 5.02. The van der Waals surface area contributed by atoms with E-state index in [1.807, 2.05) is 47.4 Å². The average Bonchev–Trinajstić information content (AvgIpc) is 3.19. The van der Waals surface area contributed by atoms with Gasteiger partial charge in [0.05, 0.1) is 0 Å². The van der Waals surface area contributed by atoms with E-state index in [0.29, 0.717) is 12.5 Å². The van der Waals surface area contributed by atoms with Gasteiger partial charge in [-0.3, -0.25) is 0 Å². The van der Waals surface area contributed by atoms with Crippen molar-refractivity contribution in [3.8, 4) is 5.75 Å². The van der Waals surface area contributed by atoms with Crippen LogP contribution in [0.3, 0.4) is 0 Å². The second-order valence-corrected chi connectivity index (χ2v) is 9.03. The Morgan fingerprint density at radius 3 is 2.52 bits per heavy atom. The third kappa shape index (κ3) is 2.97. The fourth-order valence-corrected chi connectivity index (χ4v) is 6.18.